The van der Waals surface area contributed by atoms with Crippen LogP contribution in [0, 0.1) is 5.82 Å². The summed E-state index contributed by atoms with van der Waals surface area (Å²) in [4.78, 5) is 1.000. The van der Waals surface area contributed by atoms with Gasteiger partial charge in [0.1, 0.15) is 30.5 Å². The molecule has 0 aliphatic heterocycles. The normalized spacial score (nSPS) is 13.2. The maximum atomic E-state index is 13.4. The zero-order valence-electron chi connectivity index (χ0n) is 30.4. The highest BCUT2D eigenvalue weighted by molar-refractivity contribution is 7.09. The molecule has 0 spiro atoms. The predicted molar refractivity (Wildman–Crippen MR) is 225 cm³/mol. The lowest BCUT2D eigenvalue weighted by Crippen LogP contribution is -2.52. The standard InChI is InChI=1S/C41H41Cl6FN2O4S/c1-4-5-22-49(38(40(42,43)44)30-12-19-34(20-13-30)53-26-28-8-15-32(48)16-9-28)50(25-35-7-6-23-55-35)39(41(45,46)47)31-14-21-36(37(24-31)52-3)54-27-29-10-17-33(51-2)18-11-29/h6-21,23-24,38-39H,4-5,22,25-27H2,1-3H3. The average Bonchev–Trinajstić information content (AvgIpc) is 3.68. The molecule has 4 aromatic carbocycles. The molecule has 0 radical (unpaired) electrons. The number of rotatable bonds is 18. The second kappa shape index (κ2) is 20.2. The Balaban J connectivity index is 1.53. The summed E-state index contributed by atoms with van der Waals surface area (Å²) in [6.45, 7) is 3.42. The van der Waals surface area contributed by atoms with Gasteiger partial charge in [0.05, 0.1) is 26.3 Å². The lowest BCUT2D eigenvalue weighted by Gasteiger charge is -2.48. The number of benzene rings is 4. The van der Waals surface area contributed by atoms with E-state index in [1.807, 2.05) is 88.2 Å². The summed E-state index contributed by atoms with van der Waals surface area (Å²) in [6.07, 6.45) is 1.59. The highest BCUT2D eigenvalue weighted by Crippen LogP contribution is 2.51. The summed E-state index contributed by atoms with van der Waals surface area (Å²) >= 11 is 43.3. The number of hydrogen-bond acceptors (Lipinski definition) is 7. The molecule has 5 aromatic rings. The quantitative estimate of drug-likeness (QED) is 0.0645. The molecule has 0 saturated carbocycles. The van der Waals surface area contributed by atoms with Gasteiger partial charge >= 0.3 is 0 Å². The molecule has 2 unspecified atom stereocenters. The number of nitrogens with zero attached hydrogens (tertiary/aromatic N) is 2. The van der Waals surface area contributed by atoms with Crippen molar-refractivity contribution in [1.82, 2.24) is 10.0 Å². The molecule has 0 fully saturated rings. The molecule has 0 aliphatic rings. The van der Waals surface area contributed by atoms with Crippen molar-refractivity contribution in [2.45, 2.75) is 59.2 Å². The van der Waals surface area contributed by atoms with Gasteiger partial charge < -0.3 is 18.9 Å². The van der Waals surface area contributed by atoms with Crippen LogP contribution < -0.4 is 18.9 Å². The Morgan fingerprint density at radius 3 is 1.80 bits per heavy atom. The monoisotopic (exact) mass is 886 g/mol. The Morgan fingerprint density at radius 1 is 0.655 bits per heavy atom. The van der Waals surface area contributed by atoms with E-state index in [1.54, 1.807) is 43.8 Å². The molecule has 5 rings (SSSR count). The van der Waals surface area contributed by atoms with Crippen molar-refractivity contribution in [1.29, 1.82) is 0 Å². The molecule has 2 atom stereocenters. The molecular formula is C41H41Cl6FN2O4S. The van der Waals surface area contributed by atoms with Gasteiger partial charge in [-0.3, -0.25) is 0 Å². The van der Waals surface area contributed by atoms with E-state index in [0.29, 0.717) is 48.1 Å². The second-order valence-corrected chi connectivity index (χ2v) is 18.4. The zero-order valence-corrected chi connectivity index (χ0v) is 35.7. The van der Waals surface area contributed by atoms with Gasteiger partial charge in [0.25, 0.3) is 0 Å². The van der Waals surface area contributed by atoms with Crippen molar-refractivity contribution in [2.24, 2.45) is 0 Å². The molecule has 0 aliphatic carbocycles. The van der Waals surface area contributed by atoms with E-state index in [2.05, 4.69) is 6.92 Å². The number of hydrazine groups is 1. The number of unbranched alkanes of at least 4 members (excludes halogenated alkanes) is 1. The van der Waals surface area contributed by atoms with Crippen molar-refractivity contribution < 1.29 is 23.3 Å². The van der Waals surface area contributed by atoms with Crippen LogP contribution in [0.2, 0.25) is 0 Å². The molecule has 0 saturated heterocycles. The molecule has 0 bridgehead atoms. The van der Waals surface area contributed by atoms with Crippen molar-refractivity contribution >= 4 is 80.9 Å². The molecule has 294 valence electrons. The Bertz CT molecular complexity index is 1910. The van der Waals surface area contributed by atoms with Gasteiger partial charge in [-0.15, -0.1) is 11.3 Å². The SMILES string of the molecule is CCCCN(C(c1ccc(OCc2ccc(F)cc2)cc1)C(Cl)(Cl)Cl)N(Cc1cccs1)C(c1ccc(OCc2ccc(OC)cc2)c(OC)c1)C(Cl)(Cl)Cl. The van der Waals surface area contributed by atoms with E-state index in [1.165, 1.54) is 12.1 Å². The first-order valence-electron chi connectivity index (χ1n) is 17.4. The molecule has 0 N–H and O–H groups in total. The maximum Gasteiger partial charge on any atom is 0.211 e. The van der Waals surface area contributed by atoms with E-state index in [0.717, 1.165) is 34.6 Å². The third-order valence-corrected chi connectivity index (χ3v) is 10.9. The first kappa shape index (κ1) is 43.5. The summed E-state index contributed by atoms with van der Waals surface area (Å²) < 4.78 is 33.0. The van der Waals surface area contributed by atoms with E-state index >= 15 is 0 Å². The lowest BCUT2D eigenvalue weighted by molar-refractivity contribution is -0.102. The summed E-state index contributed by atoms with van der Waals surface area (Å²) in [5, 5.41) is 5.97. The van der Waals surface area contributed by atoms with Crippen LogP contribution in [0.15, 0.2) is 109 Å². The van der Waals surface area contributed by atoms with Crippen molar-refractivity contribution in [2.75, 3.05) is 20.8 Å². The molecule has 6 nitrogen and oxygen atoms in total. The molecular weight excluding hydrogens is 848 g/mol. The largest absolute Gasteiger partial charge is 0.497 e. The summed E-state index contributed by atoms with van der Waals surface area (Å²) in [5.41, 5.74) is 3.11. The van der Waals surface area contributed by atoms with Crippen LogP contribution in [0.5, 0.6) is 23.0 Å². The fourth-order valence-corrected chi connectivity index (χ4v) is 8.16. The third kappa shape index (κ3) is 12.2. The van der Waals surface area contributed by atoms with Gasteiger partial charge in [-0.25, -0.2) is 14.4 Å². The first-order chi connectivity index (χ1) is 26.3. The first-order valence-corrected chi connectivity index (χ1v) is 20.5. The smallest absolute Gasteiger partial charge is 0.211 e. The van der Waals surface area contributed by atoms with Gasteiger partial charge in [0.15, 0.2) is 11.5 Å². The highest BCUT2D eigenvalue weighted by Gasteiger charge is 2.47. The number of methoxy groups -OCH3 is 2. The van der Waals surface area contributed by atoms with E-state index in [9.17, 15) is 4.39 Å². The van der Waals surface area contributed by atoms with Crippen LogP contribution >= 0.6 is 80.9 Å². The van der Waals surface area contributed by atoms with Crippen LogP contribution in [0.1, 0.15) is 59.0 Å². The minimum atomic E-state index is -1.88. The molecule has 1 heterocycles. The minimum absolute atomic E-state index is 0.254. The number of hydrogen-bond donors (Lipinski definition) is 0. The number of ether oxygens (including phenoxy) is 4. The zero-order chi connectivity index (χ0) is 39.6. The maximum absolute atomic E-state index is 13.4. The van der Waals surface area contributed by atoms with Crippen LogP contribution in [0.4, 0.5) is 4.39 Å². The van der Waals surface area contributed by atoms with Gasteiger partial charge in [0, 0.05) is 18.0 Å². The van der Waals surface area contributed by atoms with E-state index < -0.39 is 19.7 Å². The van der Waals surface area contributed by atoms with Gasteiger partial charge in [0.2, 0.25) is 7.59 Å². The highest BCUT2D eigenvalue weighted by atomic mass is 35.6. The van der Waals surface area contributed by atoms with Crippen LogP contribution in [-0.2, 0) is 19.8 Å². The Labute approximate surface area is 356 Å². The second-order valence-electron chi connectivity index (χ2n) is 12.6. The minimum Gasteiger partial charge on any atom is -0.497 e. The number of alkyl halides is 6. The number of halogens is 7. The van der Waals surface area contributed by atoms with Crippen LogP contribution in [0.25, 0.3) is 0 Å². The van der Waals surface area contributed by atoms with Crippen molar-refractivity contribution in [3.63, 3.8) is 0 Å². The third-order valence-electron chi connectivity index (χ3n) is 8.76. The van der Waals surface area contributed by atoms with Gasteiger partial charge in [-0.2, -0.15) is 0 Å². The average molecular weight is 890 g/mol. The Kier molecular flexibility index (Phi) is 16.0. The Morgan fingerprint density at radius 2 is 1.24 bits per heavy atom. The van der Waals surface area contributed by atoms with Gasteiger partial charge in [-0.05, 0) is 88.7 Å². The summed E-state index contributed by atoms with van der Waals surface area (Å²) in [6, 6.07) is 28.8. The summed E-state index contributed by atoms with van der Waals surface area (Å²) in [5.74, 6) is 2.00. The number of thiophene rings is 1. The fourth-order valence-electron chi connectivity index (χ4n) is 6.03. The molecule has 55 heavy (non-hydrogen) atoms. The topological polar surface area (TPSA) is 43.4 Å². The van der Waals surface area contributed by atoms with Crippen molar-refractivity contribution in [3.05, 3.63) is 141 Å². The lowest BCUT2D eigenvalue weighted by atomic mass is 10.0. The van der Waals surface area contributed by atoms with Gasteiger partial charge in [-0.1, -0.05) is 131 Å². The van der Waals surface area contributed by atoms with E-state index in [-0.39, 0.29) is 12.4 Å². The fraction of sp³-hybridized carbons (Fsp3) is 0.317. The van der Waals surface area contributed by atoms with Crippen molar-refractivity contribution in [3.8, 4) is 23.0 Å². The summed E-state index contributed by atoms with van der Waals surface area (Å²) in [7, 11) is 3.18. The predicted octanol–water partition coefficient (Wildman–Crippen LogP) is 13.1. The van der Waals surface area contributed by atoms with Crippen LogP contribution in [-0.4, -0.2) is 38.4 Å². The Hall–Kier alpha value is -2.63. The molecule has 14 heteroatoms. The molecule has 0 amide bonds. The van der Waals surface area contributed by atoms with Crippen LogP contribution in [0.3, 0.4) is 0 Å². The van der Waals surface area contributed by atoms with E-state index in [4.69, 9.17) is 88.6 Å². The molecule has 1 aromatic heterocycles.